The molecule has 2 N–H and O–H groups in total. The summed E-state index contributed by atoms with van der Waals surface area (Å²) in [6.45, 7) is 10.1. The van der Waals surface area contributed by atoms with E-state index in [1.54, 1.807) is 0 Å². The Hall–Kier alpha value is -2.05. The van der Waals surface area contributed by atoms with Crippen molar-refractivity contribution < 1.29 is 9.59 Å². The van der Waals surface area contributed by atoms with Crippen LogP contribution in [-0.4, -0.2) is 64.7 Å². The smallest absolute Gasteiger partial charge is 0.317 e. The van der Waals surface area contributed by atoms with E-state index in [4.69, 9.17) is 0 Å². The molecule has 138 valence electrons. The van der Waals surface area contributed by atoms with Crippen LogP contribution in [0.4, 0.5) is 4.79 Å². The minimum Gasteiger partial charge on any atom is -0.343 e. The highest BCUT2D eigenvalue weighted by atomic mass is 16.2. The van der Waals surface area contributed by atoms with Crippen molar-refractivity contribution in [2.75, 3.05) is 32.7 Å². The van der Waals surface area contributed by atoms with E-state index in [0.29, 0.717) is 12.3 Å². The molecule has 3 amide bonds. The molecule has 2 saturated heterocycles. The highest BCUT2D eigenvalue weighted by Crippen LogP contribution is 2.26. The third-order valence-electron chi connectivity index (χ3n) is 5.55. The molecule has 1 atom stereocenters. The number of hydrogen-bond acceptors (Lipinski definition) is 3. The van der Waals surface area contributed by atoms with Gasteiger partial charge >= 0.3 is 6.03 Å². The minimum absolute atomic E-state index is 0.0539. The third kappa shape index (κ3) is 3.96. The first kappa shape index (κ1) is 17.8. The molecule has 25 heavy (non-hydrogen) atoms. The molecule has 0 aromatic carbocycles. The molecule has 1 unspecified atom stereocenters. The van der Waals surface area contributed by atoms with Gasteiger partial charge < -0.3 is 15.1 Å². The van der Waals surface area contributed by atoms with Crippen LogP contribution in [0.1, 0.15) is 49.1 Å². The number of aromatic nitrogens is 2. The zero-order valence-electron chi connectivity index (χ0n) is 15.5. The number of urea groups is 1. The van der Waals surface area contributed by atoms with Crippen LogP contribution in [0.3, 0.4) is 0 Å². The molecule has 0 spiro atoms. The van der Waals surface area contributed by atoms with E-state index in [1.165, 1.54) is 5.56 Å². The standard InChI is InChI=1S/C18H29N5O2/c1-12(17-13(2)20-21-14(17)3)10-16(24)22-7-4-15(5-8-22)11-23-9-6-19-18(23)25/h12,15H,4-11H2,1-3H3,(H,19,25)(H,20,21). The number of nitrogens with one attached hydrogen (secondary N) is 2. The van der Waals surface area contributed by atoms with Gasteiger partial charge in [-0.15, -0.1) is 0 Å². The molecule has 2 aliphatic heterocycles. The van der Waals surface area contributed by atoms with Gasteiger partial charge in [-0.1, -0.05) is 6.92 Å². The van der Waals surface area contributed by atoms with E-state index in [0.717, 1.165) is 57.0 Å². The maximum absolute atomic E-state index is 12.7. The first-order chi connectivity index (χ1) is 12.0. The summed E-state index contributed by atoms with van der Waals surface area (Å²) in [6.07, 6.45) is 2.49. The quantitative estimate of drug-likeness (QED) is 0.852. The van der Waals surface area contributed by atoms with Gasteiger partial charge in [-0.25, -0.2) is 4.79 Å². The number of aryl methyl sites for hydroxylation is 2. The van der Waals surface area contributed by atoms with Crippen molar-refractivity contribution in [1.82, 2.24) is 25.3 Å². The van der Waals surface area contributed by atoms with Gasteiger partial charge in [0, 0.05) is 44.8 Å². The fraction of sp³-hybridized carbons (Fsp3) is 0.722. The van der Waals surface area contributed by atoms with Crippen molar-refractivity contribution in [1.29, 1.82) is 0 Å². The molecule has 0 bridgehead atoms. The number of carbonyl (C=O) groups is 2. The predicted molar refractivity (Wildman–Crippen MR) is 95.4 cm³/mol. The molecular formula is C18H29N5O2. The van der Waals surface area contributed by atoms with Gasteiger partial charge in [0.1, 0.15) is 0 Å². The number of piperidine rings is 1. The molecule has 2 aliphatic rings. The Morgan fingerprint density at radius 2 is 2.00 bits per heavy atom. The summed E-state index contributed by atoms with van der Waals surface area (Å²) in [5.41, 5.74) is 3.21. The van der Waals surface area contributed by atoms with Crippen molar-refractivity contribution in [2.24, 2.45) is 5.92 Å². The van der Waals surface area contributed by atoms with Gasteiger partial charge in [0.25, 0.3) is 0 Å². The highest BCUT2D eigenvalue weighted by Gasteiger charge is 2.28. The third-order valence-corrected chi connectivity index (χ3v) is 5.55. The van der Waals surface area contributed by atoms with E-state index >= 15 is 0 Å². The van der Waals surface area contributed by atoms with Crippen LogP contribution in [-0.2, 0) is 4.79 Å². The normalized spacial score (nSPS) is 20.0. The second kappa shape index (κ2) is 7.45. The van der Waals surface area contributed by atoms with Gasteiger partial charge in [0.2, 0.25) is 5.91 Å². The molecule has 1 aromatic rings. The second-order valence-corrected chi connectivity index (χ2v) is 7.45. The largest absolute Gasteiger partial charge is 0.343 e. The number of rotatable bonds is 5. The van der Waals surface area contributed by atoms with Crippen molar-refractivity contribution in [2.45, 2.75) is 46.0 Å². The lowest BCUT2D eigenvalue weighted by atomic mass is 9.93. The zero-order valence-corrected chi connectivity index (χ0v) is 15.5. The number of nitrogens with zero attached hydrogens (tertiary/aromatic N) is 3. The molecule has 3 heterocycles. The van der Waals surface area contributed by atoms with Crippen molar-refractivity contribution in [3.63, 3.8) is 0 Å². The summed E-state index contributed by atoms with van der Waals surface area (Å²) in [5.74, 6) is 0.908. The van der Waals surface area contributed by atoms with Crippen LogP contribution in [0.2, 0.25) is 0 Å². The molecule has 3 rings (SSSR count). The van der Waals surface area contributed by atoms with E-state index in [-0.39, 0.29) is 17.9 Å². The highest BCUT2D eigenvalue weighted by molar-refractivity contribution is 5.77. The number of aromatic amines is 1. The van der Waals surface area contributed by atoms with Gasteiger partial charge in [-0.05, 0) is 44.1 Å². The maximum Gasteiger partial charge on any atom is 0.317 e. The molecule has 7 nitrogen and oxygen atoms in total. The average molecular weight is 347 g/mol. The molecule has 0 aliphatic carbocycles. The fourth-order valence-electron chi connectivity index (χ4n) is 4.14. The molecular weight excluding hydrogens is 318 g/mol. The average Bonchev–Trinajstić information content (AvgIpc) is 3.13. The maximum atomic E-state index is 12.7. The summed E-state index contributed by atoms with van der Waals surface area (Å²) < 4.78 is 0. The van der Waals surface area contributed by atoms with Crippen molar-refractivity contribution in [3.05, 3.63) is 17.0 Å². The number of hydrogen-bond donors (Lipinski definition) is 2. The molecule has 0 saturated carbocycles. The Bertz CT molecular complexity index is 614. The van der Waals surface area contributed by atoms with Crippen LogP contribution in [0.5, 0.6) is 0 Å². The van der Waals surface area contributed by atoms with Crippen LogP contribution >= 0.6 is 0 Å². The SMILES string of the molecule is Cc1n[nH]c(C)c1C(C)CC(=O)N1CCC(CN2CCNC2=O)CC1. The molecule has 1 aromatic heterocycles. The van der Waals surface area contributed by atoms with E-state index in [2.05, 4.69) is 22.4 Å². The zero-order chi connectivity index (χ0) is 18.0. The van der Waals surface area contributed by atoms with E-state index < -0.39 is 0 Å². The Balaban J connectivity index is 1.47. The van der Waals surface area contributed by atoms with Crippen LogP contribution in [0.25, 0.3) is 0 Å². The van der Waals surface area contributed by atoms with Crippen molar-refractivity contribution >= 4 is 11.9 Å². The number of amides is 3. The summed E-state index contributed by atoms with van der Waals surface area (Å²) in [4.78, 5) is 28.2. The lowest BCUT2D eigenvalue weighted by Gasteiger charge is -2.34. The number of likely N-dealkylation sites (tertiary alicyclic amines) is 1. The van der Waals surface area contributed by atoms with Crippen LogP contribution < -0.4 is 5.32 Å². The molecule has 7 heteroatoms. The molecule has 2 fully saturated rings. The Morgan fingerprint density at radius 1 is 1.28 bits per heavy atom. The monoisotopic (exact) mass is 347 g/mol. The van der Waals surface area contributed by atoms with E-state index in [1.807, 2.05) is 23.6 Å². The number of carbonyl (C=O) groups excluding carboxylic acids is 2. The topological polar surface area (TPSA) is 81.3 Å². The van der Waals surface area contributed by atoms with Gasteiger partial charge in [-0.3, -0.25) is 9.89 Å². The number of H-pyrrole nitrogens is 1. The van der Waals surface area contributed by atoms with Gasteiger partial charge in [0.15, 0.2) is 0 Å². The fourth-order valence-corrected chi connectivity index (χ4v) is 4.14. The van der Waals surface area contributed by atoms with Gasteiger partial charge in [-0.2, -0.15) is 5.10 Å². The summed E-state index contributed by atoms with van der Waals surface area (Å²) in [5, 5.41) is 10.1. The van der Waals surface area contributed by atoms with E-state index in [9.17, 15) is 9.59 Å². The summed E-state index contributed by atoms with van der Waals surface area (Å²) in [6, 6.07) is 0.0539. The lowest BCUT2D eigenvalue weighted by molar-refractivity contribution is -0.133. The summed E-state index contributed by atoms with van der Waals surface area (Å²) in [7, 11) is 0. The second-order valence-electron chi connectivity index (χ2n) is 7.45. The van der Waals surface area contributed by atoms with Crippen LogP contribution in [0, 0.1) is 19.8 Å². The minimum atomic E-state index is 0.0539. The first-order valence-electron chi connectivity index (χ1n) is 9.27. The molecule has 0 radical (unpaired) electrons. The predicted octanol–water partition coefficient (Wildman–Crippen LogP) is 1.78. The van der Waals surface area contributed by atoms with Crippen LogP contribution in [0.15, 0.2) is 0 Å². The first-order valence-corrected chi connectivity index (χ1v) is 9.27. The van der Waals surface area contributed by atoms with Gasteiger partial charge in [0.05, 0.1) is 5.69 Å². The Labute approximate surface area is 149 Å². The Morgan fingerprint density at radius 3 is 2.56 bits per heavy atom. The van der Waals surface area contributed by atoms with Crippen molar-refractivity contribution in [3.8, 4) is 0 Å². The lowest BCUT2D eigenvalue weighted by Crippen LogP contribution is -2.42. The summed E-state index contributed by atoms with van der Waals surface area (Å²) >= 11 is 0. The Kier molecular flexibility index (Phi) is 5.30.